The van der Waals surface area contributed by atoms with Gasteiger partial charge in [-0.05, 0) is 31.5 Å². The first-order chi connectivity index (χ1) is 15.4. The van der Waals surface area contributed by atoms with Crippen LogP contribution in [0.25, 0.3) is 10.1 Å². The molecular formula is C23H25ClN4O3S. The summed E-state index contributed by atoms with van der Waals surface area (Å²) in [5.74, 6) is 0.261. The molecule has 2 unspecified atom stereocenters. The number of pyridine rings is 1. The molecule has 1 aromatic carbocycles. The maximum atomic E-state index is 12.5. The van der Waals surface area contributed by atoms with E-state index < -0.39 is 0 Å². The minimum atomic E-state index is -0.355. The molecule has 1 aliphatic heterocycles. The van der Waals surface area contributed by atoms with Gasteiger partial charge in [0.05, 0.1) is 23.8 Å². The Hall–Kier alpha value is -2.68. The fraction of sp³-hybridized carbons (Fsp3) is 0.348. The lowest BCUT2D eigenvalue weighted by molar-refractivity contribution is -0.120. The van der Waals surface area contributed by atoms with Crippen LogP contribution in [0.2, 0.25) is 5.02 Å². The van der Waals surface area contributed by atoms with Gasteiger partial charge in [0, 0.05) is 35.9 Å². The first-order valence-corrected chi connectivity index (χ1v) is 11.7. The summed E-state index contributed by atoms with van der Waals surface area (Å²) in [7, 11) is 0. The number of benzene rings is 1. The van der Waals surface area contributed by atoms with Gasteiger partial charge in [0.25, 0.3) is 5.91 Å². The van der Waals surface area contributed by atoms with Crippen LogP contribution in [0.5, 0.6) is 0 Å². The second-order valence-electron chi connectivity index (χ2n) is 7.89. The molecule has 0 saturated carbocycles. The molecule has 3 heterocycles. The number of thiophene rings is 1. The molecule has 1 fully saturated rings. The van der Waals surface area contributed by atoms with Crippen LogP contribution in [-0.4, -0.2) is 48.6 Å². The number of nitrogens with zero attached hydrogens (tertiary/aromatic N) is 2. The molecule has 2 amide bonds. The Kier molecular flexibility index (Phi) is 6.93. The van der Waals surface area contributed by atoms with Crippen molar-refractivity contribution in [1.82, 2.24) is 15.6 Å². The lowest BCUT2D eigenvalue weighted by Gasteiger charge is -2.36. The number of aromatic nitrogens is 1. The number of fused-ring (bicyclic) bond motifs is 1. The van der Waals surface area contributed by atoms with Crippen molar-refractivity contribution in [1.29, 1.82) is 0 Å². The average Bonchev–Trinajstić information content (AvgIpc) is 3.12. The second-order valence-corrected chi connectivity index (χ2v) is 9.32. The van der Waals surface area contributed by atoms with E-state index in [4.69, 9.17) is 16.3 Å². The van der Waals surface area contributed by atoms with E-state index in [1.807, 2.05) is 36.4 Å². The Morgan fingerprint density at radius 3 is 2.59 bits per heavy atom. The predicted octanol–water partition coefficient (Wildman–Crippen LogP) is 3.61. The zero-order valence-electron chi connectivity index (χ0n) is 17.9. The molecule has 0 aliphatic carbocycles. The van der Waals surface area contributed by atoms with Crippen molar-refractivity contribution in [3.05, 3.63) is 58.1 Å². The Bertz CT molecular complexity index is 1110. The minimum Gasteiger partial charge on any atom is -0.372 e. The molecule has 168 valence electrons. The van der Waals surface area contributed by atoms with Crippen molar-refractivity contribution < 1.29 is 14.3 Å². The van der Waals surface area contributed by atoms with E-state index in [0.717, 1.165) is 34.6 Å². The Labute approximate surface area is 195 Å². The lowest BCUT2D eigenvalue weighted by Crippen LogP contribution is -2.45. The fourth-order valence-electron chi connectivity index (χ4n) is 3.74. The molecule has 2 aromatic heterocycles. The van der Waals surface area contributed by atoms with Crippen LogP contribution in [0.3, 0.4) is 0 Å². The number of ether oxygens (including phenoxy) is 1. The van der Waals surface area contributed by atoms with E-state index in [-0.39, 0.29) is 30.6 Å². The third kappa shape index (κ3) is 5.20. The SMILES string of the molecule is CC1CN(c2ccc(CNC(=O)CNC(=O)c3sc4ccccc4c3Cl)cn2)CC(C)O1. The lowest BCUT2D eigenvalue weighted by atomic mass is 10.2. The molecule has 1 saturated heterocycles. The van der Waals surface area contributed by atoms with Crippen LogP contribution in [0.1, 0.15) is 29.1 Å². The smallest absolute Gasteiger partial charge is 0.263 e. The third-order valence-corrected chi connectivity index (χ3v) is 6.87. The van der Waals surface area contributed by atoms with Gasteiger partial charge in [-0.1, -0.05) is 35.9 Å². The Morgan fingerprint density at radius 2 is 1.91 bits per heavy atom. The van der Waals surface area contributed by atoms with E-state index >= 15 is 0 Å². The molecule has 2 atom stereocenters. The molecule has 3 aromatic rings. The van der Waals surface area contributed by atoms with Crippen molar-refractivity contribution in [2.24, 2.45) is 0 Å². The molecule has 32 heavy (non-hydrogen) atoms. The van der Waals surface area contributed by atoms with Gasteiger partial charge in [0.1, 0.15) is 10.7 Å². The number of hydrogen-bond donors (Lipinski definition) is 2. The highest BCUT2D eigenvalue weighted by molar-refractivity contribution is 7.21. The molecule has 4 rings (SSSR count). The maximum absolute atomic E-state index is 12.5. The van der Waals surface area contributed by atoms with Gasteiger partial charge in [-0.25, -0.2) is 4.98 Å². The largest absolute Gasteiger partial charge is 0.372 e. The molecule has 0 radical (unpaired) electrons. The summed E-state index contributed by atoms with van der Waals surface area (Å²) in [4.78, 5) is 31.8. The van der Waals surface area contributed by atoms with Gasteiger partial charge in [0.2, 0.25) is 5.91 Å². The molecule has 7 nitrogen and oxygen atoms in total. The van der Waals surface area contributed by atoms with Crippen LogP contribution >= 0.6 is 22.9 Å². The van der Waals surface area contributed by atoms with E-state index in [9.17, 15) is 9.59 Å². The van der Waals surface area contributed by atoms with E-state index in [0.29, 0.717) is 16.4 Å². The summed E-state index contributed by atoms with van der Waals surface area (Å²) >= 11 is 7.64. The Morgan fingerprint density at radius 1 is 1.16 bits per heavy atom. The zero-order valence-corrected chi connectivity index (χ0v) is 19.5. The first-order valence-electron chi connectivity index (χ1n) is 10.5. The van der Waals surface area contributed by atoms with Crippen LogP contribution < -0.4 is 15.5 Å². The van der Waals surface area contributed by atoms with Crippen molar-refractivity contribution in [3.8, 4) is 0 Å². The average molecular weight is 473 g/mol. The van der Waals surface area contributed by atoms with E-state index in [2.05, 4.69) is 34.4 Å². The van der Waals surface area contributed by atoms with Gasteiger partial charge in [-0.2, -0.15) is 0 Å². The van der Waals surface area contributed by atoms with Gasteiger partial charge in [-0.3, -0.25) is 9.59 Å². The predicted molar refractivity (Wildman–Crippen MR) is 127 cm³/mol. The molecule has 0 bridgehead atoms. The highest BCUT2D eigenvalue weighted by atomic mass is 35.5. The number of morpholine rings is 1. The summed E-state index contributed by atoms with van der Waals surface area (Å²) in [6.45, 7) is 5.92. The van der Waals surface area contributed by atoms with Crippen molar-refractivity contribution in [3.63, 3.8) is 0 Å². The second kappa shape index (κ2) is 9.85. The highest BCUT2D eigenvalue weighted by Gasteiger charge is 2.23. The molecule has 9 heteroatoms. The quantitative estimate of drug-likeness (QED) is 0.572. The van der Waals surface area contributed by atoms with Gasteiger partial charge in [0.15, 0.2) is 0 Å². The van der Waals surface area contributed by atoms with Crippen molar-refractivity contribution in [2.45, 2.75) is 32.6 Å². The number of amides is 2. The van der Waals surface area contributed by atoms with Gasteiger partial charge >= 0.3 is 0 Å². The summed E-state index contributed by atoms with van der Waals surface area (Å²) < 4.78 is 6.70. The number of carbonyl (C=O) groups excluding carboxylic acids is 2. The number of nitrogens with one attached hydrogen (secondary N) is 2. The molecular weight excluding hydrogens is 448 g/mol. The normalized spacial score (nSPS) is 18.5. The monoisotopic (exact) mass is 472 g/mol. The Balaban J connectivity index is 1.26. The van der Waals surface area contributed by atoms with Gasteiger partial charge < -0.3 is 20.3 Å². The highest BCUT2D eigenvalue weighted by Crippen LogP contribution is 2.34. The number of halogens is 1. The third-order valence-electron chi connectivity index (χ3n) is 5.19. The van der Waals surface area contributed by atoms with Gasteiger partial charge in [-0.15, -0.1) is 11.3 Å². The number of anilines is 1. The van der Waals surface area contributed by atoms with Crippen molar-refractivity contribution >= 4 is 50.7 Å². The van der Waals surface area contributed by atoms with E-state index in [1.54, 1.807) is 6.20 Å². The number of hydrogen-bond acceptors (Lipinski definition) is 6. The molecule has 2 N–H and O–H groups in total. The van der Waals surface area contributed by atoms with Crippen LogP contribution in [0.4, 0.5) is 5.82 Å². The number of carbonyl (C=O) groups is 2. The van der Waals surface area contributed by atoms with E-state index in [1.165, 1.54) is 11.3 Å². The van der Waals surface area contributed by atoms with Crippen LogP contribution in [0, 0.1) is 0 Å². The summed E-state index contributed by atoms with van der Waals surface area (Å²) in [6.07, 6.45) is 2.09. The zero-order chi connectivity index (χ0) is 22.7. The first kappa shape index (κ1) is 22.5. The van der Waals surface area contributed by atoms with Crippen LogP contribution in [0.15, 0.2) is 42.6 Å². The summed E-state index contributed by atoms with van der Waals surface area (Å²) in [6, 6.07) is 11.5. The number of rotatable bonds is 6. The maximum Gasteiger partial charge on any atom is 0.263 e. The standard InChI is InChI=1S/C23H25ClN4O3S/c1-14-12-28(13-15(2)31-14)19-8-7-16(9-25-19)10-26-20(29)11-27-23(30)22-21(24)17-5-3-4-6-18(17)32-22/h3-9,14-15H,10-13H2,1-2H3,(H,26,29)(H,27,30). The molecule has 1 aliphatic rings. The summed E-state index contributed by atoms with van der Waals surface area (Å²) in [5.41, 5.74) is 0.885. The minimum absolute atomic E-state index is 0.127. The van der Waals surface area contributed by atoms with Crippen LogP contribution in [-0.2, 0) is 16.1 Å². The fourth-order valence-corrected chi connectivity index (χ4v) is 5.17. The summed E-state index contributed by atoms with van der Waals surface area (Å²) in [5, 5.41) is 6.70. The van der Waals surface area contributed by atoms with Crippen molar-refractivity contribution in [2.75, 3.05) is 24.5 Å². The topological polar surface area (TPSA) is 83.6 Å². The molecule has 0 spiro atoms.